The number of esters is 1. The highest BCUT2D eigenvalue weighted by molar-refractivity contribution is 5.69. The Morgan fingerprint density at radius 2 is 1.83 bits per heavy atom. The lowest BCUT2D eigenvalue weighted by Gasteiger charge is -2.25. The van der Waals surface area contributed by atoms with Crippen molar-refractivity contribution in [2.24, 2.45) is 0 Å². The first kappa shape index (κ1) is 18.9. The molecule has 134 valence electrons. The number of carbonyl (C=O) groups excluding carboxylic acids is 1. The van der Waals surface area contributed by atoms with Crippen LogP contribution in [-0.4, -0.2) is 24.5 Å². The van der Waals surface area contributed by atoms with Gasteiger partial charge in [-0.05, 0) is 24.8 Å². The lowest BCUT2D eigenvalue weighted by atomic mass is 10.0. The summed E-state index contributed by atoms with van der Waals surface area (Å²) >= 11 is 0. The van der Waals surface area contributed by atoms with E-state index in [1.54, 1.807) is 0 Å². The molecule has 1 aliphatic rings. The van der Waals surface area contributed by atoms with Gasteiger partial charge in [-0.3, -0.25) is 4.79 Å². The van der Waals surface area contributed by atoms with Crippen molar-refractivity contribution in [3.63, 3.8) is 0 Å². The van der Waals surface area contributed by atoms with Crippen LogP contribution in [0, 0.1) is 0 Å². The minimum absolute atomic E-state index is 0.0914. The number of hydrogen-bond donors (Lipinski definition) is 0. The molecule has 0 N–H and O–H groups in total. The molecule has 1 aromatic carbocycles. The number of carbonyl (C=O) groups is 1. The molecule has 0 amide bonds. The first-order chi connectivity index (χ1) is 11.6. The summed E-state index contributed by atoms with van der Waals surface area (Å²) in [5, 5.41) is 0. The molecule has 0 unspecified atom stereocenters. The molecule has 2 atom stereocenters. The molecule has 1 aromatic rings. The van der Waals surface area contributed by atoms with Gasteiger partial charge in [0, 0.05) is 12.8 Å². The molecule has 0 saturated carbocycles. The van der Waals surface area contributed by atoms with Crippen LogP contribution in [0.2, 0.25) is 0 Å². The maximum absolute atomic E-state index is 11.7. The van der Waals surface area contributed by atoms with Crippen LogP contribution in [-0.2, 0) is 19.0 Å². The minimum atomic E-state index is -0.530. The van der Waals surface area contributed by atoms with Gasteiger partial charge in [-0.2, -0.15) is 0 Å². The molecule has 1 aliphatic heterocycles. The van der Waals surface area contributed by atoms with Crippen LogP contribution in [0.4, 0.5) is 0 Å². The summed E-state index contributed by atoms with van der Waals surface area (Å²) in [6, 6.07) is 10.2. The van der Waals surface area contributed by atoms with Gasteiger partial charge in [0.15, 0.2) is 5.79 Å². The molecule has 4 heteroatoms. The summed E-state index contributed by atoms with van der Waals surface area (Å²) in [5.74, 6) is -0.651. The third-order valence-corrected chi connectivity index (χ3v) is 4.65. The predicted molar refractivity (Wildman–Crippen MR) is 93.6 cm³/mol. The highest BCUT2D eigenvalue weighted by Gasteiger charge is 2.45. The maximum Gasteiger partial charge on any atom is 0.305 e. The second-order valence-electron chi connectivity index (χ2n) is 6.34. The Labute approximate surface area is 145 Å². The highest BCUT2D eigenvalue weighted by Crippen LogP contribution is 2.43. The zero-order valence-electron chi connectivity index (χ0n) is 15.1. The van der Waals surface area contributed by atoms with Crippen LogP contribution in [0.3, 0.4) is 0 Å². The molecule has 1 fully saturated rings. The highest BCUT2D eigenvalue weighted by atomic mass is 16.8. The van der Waals surface area contributed by atoms with Crippen LogP contribution in [0.25, 0.3) is 0 Å². The van der Waals surface area contributed by atoms with E-state index in [0.717, 1.165) is 31.2 Å². The van der Waals surface area contributed by atoms with Gasteiger partial charge in [0.2, 0.25) is 0 Å². The van der Waals surface area contributed by atoms with E-state index in [1.165, 1.54) is 0 Å². The lowest BCUT2D eigenvalue weighted by Crippen LogP contribution is -2.29. The number of benzene rings is 1. The molecule has 2 rings (SSSR count). The van der Waals surface area contributed by atoms with Crippen molar-refractivity contribution >= 4 is 5.97 Å². The molecule has 0 aliphatic carbocycles. The van der Waals surface area contributed by atoms with Gasteiger partial charge in [-0.15, -0.1) is 0 Å². The molecular weight excluding hydrogens is 304 g/mol. The average molecular weight is 334 g/mol. The van der Waals surface area contributed by atoms with Crippen LogP contribution in [0.15, 0.2) is 30.3 Å². The van der Waals surface area contributed by atoms with E-state index in [9.17, 15) is 4.79 Å². The van der Waals surface area contributed by atoms with E-state index >= 15 is 0 Å². The second kappa shape index (κ2) is 9.19. The van der Waals surface area contributed by atoms with Crippen molar-refractivity contribution < 1.29 is 19.0 Å². The summed E-state index contributed by atoms with van der Waals surface area (Å²) in [7, 11) is 0. The largest absolute Gasteiger partial charge is 0.466 e. The summed E-state index contributed by atoms with van der Waals surface area (Å²) < 4.78 is 17.9. The van der Waals surface area contributed by atoms with E-state index in [-0.39, 0.29) is 18.2 Å². The number of hydrogen-bond acceptors (Lipinski definition) is 4. The maximum atomic E-state index is 11.7. The van der Waals surface area contributed by atoms with Crippen LogP contribution in [0.1, 0.15) is 71.0 Å². The second-order valence-corrected chi connectivity index (χ2v) is 6.34. The predicted octanol–water partition coefficient (Wildman–Crippen LogP) is 4.78. The van der Waals surface area contributed by atoms with E-state index in [0.29, 0.717) is 19.4 Å². The minimum Gasteiger partial charge on any atom is -0.466 e. The third-order valence-electron chi connectivity index (χ3n) is 4.65. The Balaban J connectivity index is 1.98. The Morgan fingerprint density at radius 1 is 1.12 bits per heavy atom. The van der Waals surface area contributed by atoms with Crippen molar-refractivity contribution in [3.8, 4) is 0 Å². The van der Waals surface area contributed by atoms with Crippen molar-refractivity contribution in [2.45, 2.75) is 77.3 Å². The third kappa shape index (κ3) is 4.81. The summed E-state index contributed by atoms with van der Waals surface area (Å²) in [6.45, 7) is 6.61. The molecule has 24 heavy (non-hydrogen) atoms. The molecule has 0 bridgehead atoms. The zero-order valence-corrected chi connectivity index (χ0v) is 15.1. The molecule has 4 nitrogen and oxygen atoms in total. The van der Waals surface area contributed by atoms with Gasteiger partial charge in [0.05, 0.1) is 12.7 Å². The molecule has 0 aromatic heterocycles. The van der Waals surface area contributed by atoms with Crippen LogP contribution in [0.5, 0.6) is 0 Å². The van der Waals surface area contributed by atoms with E-state index in [1.807, 2.05) is 18.2 Å². The number of unbranched alkanes of at least 4 members (excludes halogenated alkanes) is 1. The molecule has 0 radical (unpaired) electrons. The monoisotopic (exact) mass is 334 g/mol. The van der Waals surface area contributed by atoms with Crippen molar-refractivity contribution in [1.29, 1.82) is 0 Å². The summed E-state index contributed by atoms with van der Waals surface area (Å²) in [5.41, 5.74) is 1.11. The molecule has 1 heterocycles. The topological polar surface area (TPSA) is 44.8 Å². The van der Waals surface area contributed by atoms with Crippen molar-refractivity contribution in [2.75, 3.05) is 6.61 Å². The summed E-state index contributed by atoms with van der Waals surface area (Å²) in [4.78, 5) is 11.7. The van der Waals surface area contributed by atoms with E-state index in [4.69, 9.17) is 14.2 Å². The fourth-order valence-electron chi connectivity index (χ4n) is 3.07. The Bertz CT molecular complexity index is 496. The molecule has 0 spiro atoms. The normalized spacial score (nSPS) is 22.5. The van der Waals surface area contributed by atoms with E-state index in [2.05, 4.69) is 32.9 Å². The van der Waals surface area contributed by atoms with Crippen LogP contribution < -0.4 is 0 Å². The van der Waals surface area contributed by atoms with Crippen LogP contribution >= 0.6 is 0 Å². The lowest BCUT2D eigenvalue weighted by molar-refractivity contribution is -0.180. The average Bonchev–Trinajstić information content (AvgIpc) is 3.00. The van der Waals surface area contributed by atoms with Crippen molar-refractivity contribution in [3.05, 3.63) is 35.9 Å². The zero-order chi connectivity index (χ0) is 17.4. The number of rotatable bonds is 9. The van der Waals surface area contributed by atoms with E-state index < -0.39 is 5.79 Å². The Kier molecular flexibility index (Phi) is 7.25. The fourth-order valence-corrected chi connectivity index (χ4v) is 3.07. The van der Waals surface area contributed by atoms with Gasteiger partial charge < -0.3 is 14.2 Å². The van der Waals surface area contributed by atoms with Gasteiger partial charge in [-0.1, -0.05) is 57.5 Å². The summed E-state index contributed by atoms with van der Waals surface area (Å²) in [6.07, 6.45) is 4.43. The number of ether oxygens (including phenoxy) is 3. The standard InChI is InChI=1S/C20H30O4/c1-4-7-13-18(21)22-15-14-17-19(16-11-9-8-10-12-16)24-20(5-2,6-3)23-17/h8-12,17,19H,4-7,13-15H2,1-3H3/t17-,19-/m0/s1. The Morgan fingerprint density at radius 3 is 2.46 bits per heavy atom. The van der Waals surface area contributed by atoms with Gasteiger partial charge in [0.1, 0.15) is 6.10 Å². The van der Waals surface area contributed by atoms with Gasteiger partial charge in [0.25, 0.3) is 0 Å². The fraction of sp³-hybridized carbons (Fsp3) is 0.650. The molecular formula is C20H30O4. The van der Waals surface area contributed by atoms with Gasteiger partial charge in [-0.25, -0.2) is 0 Å². The quantitative estimate of drug-likeness (QED) is 0.610. The van der Waals surface area contributed by atoms with Crippen molar-refractivity contribution in [1.82, 2.24) is 0 Å². The SMILES string of the molecule is CCCCC(=O)OCC[C@@H]1OC(CC)(CC)O[C@H]1c1ccccc1. The van der Waals surface area contributed by atoms with Gasteiger partial charge >= 0.3 is 5.97 Å². The first-order valence-electron chi connectivity index (χ1n) is 9.20. The smallest absolute Gasteiger partial charge is 0.305 e. The Hall–Kier alpha value is -1.39. The molecule has 1 saturated heterocycles. The first-order valence-corrected chi connectivity index (χ1v) is 9.20.